The van der Waals surface area contributed by atoms with Crippen LogP contribution >= 0.6 is 0 Å². The molecule has 2 aliphatic rings. The number of benzene rings is 1. The molecule has 6 heteroatoms. The van der Waals surface area contributed by atoms with E-state index in [1.807, 2.05) is 6.07 Å². The largest absolute Gasteiger partial charge is 0.379 e. The van der Waals surface area contributed by atoms with Crippen molar-refractivity contribution in [3.63, 3.8) is 0 Å². The Bertz CT molecular complexity index is 864. The van der Waals surface area contributed by atoms with E-state index in [9.17, 15) is 4.79 Å². The standard InChI is InChI=1S/C22H31N5O/c1-4-27-17(3)19(16(2)25-27)15-26-11-9-22(10-12-26)13-21(28)23-14-18-7-5-6-8-20(18)24-22/h5-8,24H,4,9-15H2,1-3H3,(H,23,28). The predicted octanol–water partition coefficient (Wildman–Crippen LogP) is 2.99. The van der Waals surface area contributed by atoms with E-state index in [0.717, 1.165) is 56.0 Å². The predicted molar refractivity (Wildman–Crippen MR) is 111 cm³/mol. The van der Waals surface area contributed by atoms with Crippen LogP contribution in [-0.4, -0.2) is 39.2 Å². The van der Waals surface area contributed by atoms with E-state index >= 15 is 0 Å². The van der Waals surface area contributed by atoms with Crippen molar-refractivity contribution in [2.45, 2.75) is 65.2 Å². The molecule has 0 saturated carbocycles. The molecule has 4 rings (SSSR count). The minimum atomic E-state index is -0.158. The second kappa shape index (κ2) is 7.59. The number of aryl methyl sites for hydroxylation is 2. The summed E-state index contributed by atoms with van der Waals surface area (Å²) in [4.78, 5) is 14.9. The number of anilines is 1. The van der Waals surface area contributed by atoms with Crippen LogP contribution in [-0.2, 0) is 24.4 Å². The second-order valence-electron chi connectivity index (χ2n) is 8.26. The van der Waals surface area contributed by atoms with E-state index in [1.54, 1.807) is 0 Å². The minimum Gasteiger partial charge on any atom is -0.379 e. The Balaban J connectivity index is 1.48. The summed E-state index contributed by atoms with van der Waals surface area (Å²) >= 11 is 0. The molecular formula is C22H31N5O. The highest BCUT2D eigenvalue weighted by atomic mass is 16.1. The molecule has 0 radical (unpaired) electrons. The lowest BCUT2D eigenvalue weighted by Gasteiger charge is -2.44. The molecule has 0 aliphatic carbocycles. The van der Waals surface area contributed by atoms with Gasteiger partial charge in [-0.15, -0.1) is 0 Å². The zero-order chi connectivity index (χ0) is 19.7. The summed E-state index contributed by atoms with van der Waals surface area (Å²) in [6.07, 6.45) is 2.48. The number of hydrogen-bond acceptors (Lipinski definition) is 4. The maximum Gasteiger partial charge on any atom is 0.222 e. The molecule has 1 amide bonds. The van der Waals surface area contributed by atoms with E-state index in [1.165, 1.54) is 11.3 Å². The highest BCUT2D eigenvalue weighted by Gasteiger charge is 2.38. The van der Waals surface area contributed by atoms with Gasteiger partial charge in [-0.2, -0.15) is 5.10 Å². The average Bonchev–Trinajstić information content (AvgIpc) is 2.95. The third kappa shape index (κ3) is 3.65. The molecule has 1 spiro atoms. The first-order valence-corrected chi connectivity index (χ1v) is 10.4. The van der Waals surface area contributed by atoms with Gasteiger partial charge in [-0.25, -0.2) is 0 Å². The van der Waals surface area contributed by atoms with Gasteiger partial charge in [-0.3, -0.25) is 14.4 Å². The number of fused-ring (bicyclic) bond motifs is 1. The van der Waals surface area contributed by atoms with Crippen molar-refractivity contribution in [1.29, 1.82) is 0 Å². The molecule has 2 N–H and O–H groups in total. The van der Waals surface area contributed by atoms with Gasteiger partial charge in [0.05, 0.1) is 5.69 Å². The first-order chi connectivity index (χ1) is 13.5. The maximum absolute atomic E-state index is 12.4. The lowest BCUT2D eigenvalue weighted by molar-refractivity contribution is -0.122. The molecule has 0 atom stereocenters. The van der Waals surface area contributed by atoms with Crippen LogP contribution in [0.25, 0.3) is 0 Å². The third-order valence-electron chi connectivity index (χ3n) is 6.42. The van der Waals surface area contributed by atoms with Crippen LogP contribution in [0.3, 0.4) is 0 Å². The maximum atomic E-state index is 12.4. The fourth-order valence-corrected chi connectivity index (χ4v) is 4.63. The van der Waals surface area contributed by atoms with Crippen LogP contribution in [0.2, 0.25) is 0 Å². The number of rotatable bonds is 3. The number of piperidine rings is 1. The van der Waals surface area contributed by atoms with Crippen LogP contribution in [0, 0.1) is 13.8 Å². The molecule has 28 heavy (non-hydrogen) atoms. The number of nitrogens with one attached hydrogen (secondary N) is 2. The van der Waals surface area contributed by atoms with Crippen molar-refractivity contribution in [1.82, 2.24) is 20.0 Å². The van der Waals surface area contributed by atoms with Crippen molar-refractivity contribution in [3.05, 3.63) is 46.8 Å². The SMILES string of the molecule is CCn1nc(C)c(CN2CCC3(CC2)CC(=O)NCc2ccccc2N3)c1C. The van der Waals surface area contributed by atoms with Crippen molar-refractivity contribution in [3.8, 4) is 0 Å². The monoisotopic (exact) mass is 381 g/mol. The van der Waals surface area contributed by atoms with E-state index in [0.29, 0.717) is 13.0 Å². The summed E-state index contributed by atoms with van der Waals surface area (Å²) in [5.74, 6) is 0.145. The lowest BCUT2D eigenvalue weighted by atomic mass is 9.82. The van der Waals surface area contributed by atoms with Crippen molar-refractivity contribution in [2.75, 3.05) is 18.4 Å². The van der Waals surface area contributed by atoms with Gasteiger partial charge in [0.1, 0.15) is 0 Å². The summed E-state index contributed by atoms with van der Waals surface area (Å²) < 4.78 is 2.09. The number of hydrogen-bond donors (Lipinski definition) is 2. The Kier molecular flexibility index (Phi) is 5.15. The van der Waals surface area contributed by atoms with Gasteiger partial charge in [0.25, 0.3) is 0 Å². The fraction of sp³-hybridized carbons (Fsp3) is 0.545. The number of aromatic nitrogens is 2. The molecular weight excluding hydrogens is 350 g/mol. The van der Waals surface area contributed by atoms with E-state index in [-0.39, 0.29) is 11.4 Å². The lowest BCUT2D eigenvalue weighted by Crippen LogP contribution is -2.52. The number of nitrogens with zero attached hydrogens (tertiary/aromatic N) is 3. The van der Waals surface area contributed by atoms with Crippen LogP contribution < -0.4 is 10.6 Å². The number of carbonyl (C=O) groups is 1. The molecule has 1 saturated heterocycles. The summed E-state index contributed by atoms with van der Waals surface area (Å²) in [5.41, 5.74) is 5.93. The number of likely N-dealkylation sites (tertiary alicyclic amines) is 1. The van der Waals surface area contributed by atoms with Gasteiger partial charge in [-0.1, -0.05) is 18.2 Å². The van der Waals surface area contributed by atoms with Gasteiger partial charge in [0, 0.05) is 61.6 Å². The van der Waals surface area contributed by atoms with Crippen molar-refractivity contribution < 1.29 is 4.79 Å². The Morgan fingerprint density at radius 2 is 1.93 bits per heavy atom. The number of carbonyl (C=O) groups excluding carboxylic acids is 1. The second-order valence-corrected chi connectivity index (χ2v) is 8.26. The molecule has 150 valence electrons. The Morgan fingerprint density at radius 1 is 1.18 bits per heavy atom. The van der Waals surface area contributed by atoms with Gasteiger partial charge < -0.3 is 10.6 Å². The molecule has 0 bridgehead atoms. The number of amides is 1. The average molecular weight is 382 g/mol. The molecule has 0 unspecified atom stereocenters. The van der Waals surface area contributed by atoms with E-state index < -0.39 is 0 Å². The van der Waals surface area contributed by atoms with Crippen LogP contribution in [0.5, 0.6) is 0 Å². The molecule has 6 nitrogen and oxygen atoms in total. The Morgan fingerprint density at radius 3 is 2.64 bits per heavy atom. The normalized spacial score (nSPS) is 19.5. The van der Waals surface area contributed by atoms with Crippen LogP contribution in [0.1, 0.15) is 48.7 Å². The van der Waals surface area contributed by atoms with Gasteiger partial charge >= 0.3 is 0 Å². The highest BCUT2D eigenvalue weighted by molar-refractivity contribution is 5.79. The van der Waals surface area contributed by atoms with Crippen molar-refractivity contribution >= 4 is 11.6 Å². The van der Waals surface area contributed by atoms with Gasteiger partial charge in [0.2, 0.25) is 5.91 Å². The molecule has 1 fully saturated rings. The number of para-hydroxylation sites is 1. The van der Waals surface area contributed by atoms with Gasteiger partial charge in [0.15, 0.2) is 0 Å². The summed E-state index contributed by atoms with van der Waals surface area (Å²) in [6.45, 7) is 10.8. The fourth-order valence-electron chi connectivity index (χ4n) is 4.63. The summed E-state index contributed by atoms with van der Waals surface area (Å²) in [7, 11) is 0. The van der Waals surface area contributed by atoms with Crippen molar-refractivity contribution in [2.24, 2.45) is 0 Å². The molecule has 3 heterocycles. The zero-order valence-corrected chi connectivity index (χ0v) is 17.2. The molecule has 2 aromatic rings. The smallest absolute Gasteiger partial charge is 0.222 e. The van der Waals surface area contributed by atoms with E-state index in [4.69, 9.17) is 0 Å². The summed E-state index contributed by atoms with van der Waals surface area (Å²) in [5, 5.41) is 11.5. The first-order valence-electron chi connectivity index (χ1n) is 10.4. The van der Waals surface area contributed by atoms with Gasteiger partial charge in [-0.05, 0) is 45.2 Å². The topological polar surface area (TPSA) is 62.2 Å². The Labute approximate surface area is 167 Å². The first kappa shape index (κ1) is 19.0. The third-order valence-corrected chi connectivity index (χ3v) is 6.42. The summed E-state index contributed by atoms with van der Waals surface area (Å²) in [6, 6.07) is 8.32. The quantitative estimate of drug-likeness (QED) is 0.858. The highest BCUT2D eigenvalue weighted by Crippen LogP contribution is 2.33. The Hall–Kier alpha value is -2.34. The van der Waals surface area contributed by atoms with E-state index in [2.05, 4.69) is 64.3 Å². The molecule has 2 aliphatic heterocycles. The van der Waals surface area contributed by atoms with Crippen LogP contribution in [0.4, 0.5) is 5.69 Å². The van der Waals surface area contributed by atoms with Crippen LogP contribution in [0.15, 0.2) is 24.3 Å². The minimum absolute atomic E-state index is 0.145. The molecule has 1 aromatic heterocycles. The molecule has 1 aromatic carbocycles. The zero-order valence-electron chi connectivity index (χ0n) is 17.2.